The minimum atomic E-state index is -0.619. The van der Waals surface area contributed by atoms with Gasteiger partial charge in [-0.25, -0.2) is 14.3 Å². The smallest absolute Gasteiger partial charge is 0.412 e. The molecule has 0 aliphatic carbocycles. The number of benzene rings is 1. The van der Waals surface area contributed by atoms with Crippen LogP contribution in [0.4, 0.5) is 15.3 Å². The van der Waals surface area contributed by atoms with E-state index in [4.69, 9.17) is 14.2 Å². The predicted molar refractivity (Wildman–Crippen MR) is 117 cm³/mol. The Balaban J connectivity index is 2.03. The molecule has 0 bridgehead atoms. The van der Waals surface area contributed by atoms with E-state index in [1.807, 2.05) is 13.0 Å². The van der Waals surface area contributed by atoms with Crippen molar-refractivity contribution in [3.63, 3.8) is 0 Å². The zero-order chi connectivity index (χ0) is 23.4. The van der Waals surface area contributed by atoms with Crippen LogP contribution in [0.15, 0.2) is 12.1 Å². The van der Waals surface area contributed by atoms with Gasteiger partial charge >= 0.3 is 12.2 Å². The number of anilines is 1. The molecule has 1 atom stereocenters. The minimum absolute atomic E-state index is 0.241. The number of alkyl carbamates (subject to hydrolysis) is 1. The molecule has 0 unspecified atom stereocenters. The van der Waals surface area contributed by atoms with Gasteiger partial charge in [0.15, 0.2) is 0 Å². The number of nitrogens with one attached hydrogen (secondary N) is 2. The summed E-state index contributed by atoms with van der Waals surface area (Å²) in [6.45, 7) is 13.2. The predicted octanol–water partition coefficient (Wildman–Crippen LogP) is 3.75. The molecule has 2 N–H and O–H groups in total. The summed E-state index contributed by atoms with van der Waals surface area (Å²) < 4.78 is 17.9. The van der Waals surface area contributed by atoms with Crippen LogP contribution in [-0.4, -0.2) is 51.0 Å². The molecular weight excluding hydrogens is 402 g/mol. The third-order valence-corrected chi connectivity index (χ3v) is 3.80. The molecule has 10 nitrogen and oxygen atoms in total. The molecule has 0 aliphatic heterocycles. The molecule has 1 aromatic heterocycles. The van der Waals surface area contributed by atoms with Gasteiger partial charge in [-0.2, -0.15) is 0 Å². The van der Waals surface area contributed by atoms with Crippen molar-refractivity contribution >= 4 is 28.9 Å². The van der Waals surface area contributed by atoms with Gasteiger partial charge in [-0.05, 0) is 66.2 Å². The highest BCUT2D eigenvalue weighted by Gasteiger charge is 2.20. The van der Waals surface area contributed by atoms with Crippen LogP contribution >= 0.6 is 0 Å². The van der Waals surface area contributed by atoms with Crippen LogP contribution in [0, 0.1) is 0 Å². The minimum Gasteiger partial charge on any atom is -0.444 e. The first-order chi connectivity index (χ1) is 14.2. The topological polar surface area (TPSA) is 117 Å². The molecule has 1 heterocycles. The van der Waals surface area contributed by atoms with E-state index in [2.05, 4.69) is 20.9 Å². The molecule has 10 heteroatoms. The third kappa shape index (κ3) is 8.05. The standard InChI is InChI=1S/C21H33N5O5/c1-13(22-18(27)30-20(2,3)4)11-29-12-14-9-15(23-19(28)31-21(5,6)7)17-16(10-14)24-25-26(17)8/h9-10,13H,11-12H2,1-8H3,(H,22,27)(H,23,28)/t13-/m1/s1. The van der Waals surface area contributed by atoms with Crippen LogP contribution in [0.5, 0.6) is 0 Å². The van der Waals surface area contributed by atoms with Crippen LogP contribution < -0.4 is 10.6 Å². The molecule has 0 aliphatic rings. The van der Waals surface area contributed by atoms with E-state index in [0.717, 1.165) is 5.56 Å². The maximum Gasteiger partial charge on any atom is 0.412 e. The SMILES string of the molecule is C[C@H](COCc1cc(NC(=O)OC(C)(C)C)c2c(c1)nnn2C)NC(=O)OC(C)(C)C. The van der Waals surface area contributed by atoms with Crippen LogP contribution in [0.3, 0.4) is 0 Å². The Morgan fingerprint density at radius 2 is 1.68 bits per heavy atom. The Morgan fingerprint density at radius 1 is 1.06 bits per heavy atom. The summed E-state index contributed by atoms with van der Waals surface area (Å²) in [5.74, 6) is 0. The van der Waals surface area contributed by atoms with Crippen molar-refractivity contribution < 1.29 is 23.8 Å². The molecule has 2 aromatic rings. The highest BCUT2D eigenvalue weighted by Crippen LogP contribution is 2.25. The second-order valence-electron chi connectivity index (χ2n) is 9.41. The monoisotopic (exact) mass is 435 g/mol. The molecular formula is C21H33N5O5. The molecule has 1 aromatic carbocycles. The summed E-state index contributed by atoms with van der Waals surface area (Å²) >= 11 is 0. The molecule has 2 rings (SSSR count). The van der Waals surface area contributed by atoms with Gasteiger partial charge in [0.2, 0.25) is 0 Å². The molecule has 0 fully saturated rings. The first-order valence-electron chi connectivity index (χ1n) is 10.1. The lowest BCUT2D eigenvalue weighted by molar-refractivity contribution is 0.0442. The molecule has 0 radical (unpaired) electrons. The lowest BCUT2D eigenvalue weighted by Gasteiger charge is -2.22. The summed E-state index contributed by atoms with van der Waals surface area (Å²) in [4.78, 5) is 24.1. The maximum absolute atomic E-state index is 12.3. The number of amides is 2. The van der Waals surface area contributed by atoms with Gasteiger partial charge in [-0.15, -0.1) is 5.10 Å². The van der Waals surface area contributed by atoms with Crippen molar-refractivity contribution in [3.8, 4) is 0 Å². The lowest BCUT2D eigenvalue weighted by atomic mass is 10.1. The van der Waals surface area contributed by atoms with Gasteiger partial charge in [0.1, 0.15) is 22.2 Å². The number of aromatic nitrogens is 3. The zero-order valence-electron chi connectivity index (χ0n) is 19.5. The first kappa shape index (κ1) is 24.4. The van der Waals surface area contributed by atoms with Crippen molar-refractivity contribution in [2.75, 3.05) is 11.9 Å². The van der Waals surface area contributed by atoms with Crippen LogP contribution in [0.2, 0.25) is 0 Å². The van der Waals surface area contributed by atoms with E-state index >= 15 is 0 Å². The Morgan fingerprint density at radius 3 is 2.29 bits per heavy atom. The fourth-order valence-electron chi connectivity index (χ4n) is 2.75. The van der Waals surface area contributed by atoms with Crippen LogP contribution in [0.25, 0.3) is 11.0 Å². The number of nitrogens with zero attached hydrogens (tertiary/aromatic N) is 3. The van der Waals surface area contributed by atoms with Gasteiger partial charge in [0.05, 0.1) is 24.9 Å². The third-order valence-electron chi connectivity index (χ3n) is 3.80. The second kappa shape index (κ2) is 9.51. The number of fused-ring (bicyclic) bond motifs is 1. The highest BCUT2D eigenvalue weighted by atomic mass is 16.6. The Bertz CT molecular complexity index is 927. The number of carbonyl (C=O) groups is 2. The van der Waals surface area contributed by atoms with Crippen molar-refractivity contribution in [1.82, 2.24) is 20.3 Å². The average Bonchev–Trinajstić information content (AvgIpc) is 2.92. The first-order valence-corrected chi connectivity index (χ1v) is 10.1. The van der Waals surface area contributed by atoms with E-state index in [1.54, 1.807) is 59.3 Å². The van der Waals surface area contributed by atoms with Crippen LogP contribution in [0.1, 0.15) is 54.0 Å². The van der Waals surface area contributed by atoms with Gasteiger partial charge in [0, 0.05) is 7.05 Å². The summed E-state index contributed by atoms with van der Waals surface area (Å²) in [7, 11) is 1.75. The quantitative estimate of drug-likeness (QED) is 0.710. The molecule has 172 valence electrons. The number of aryl methyl sites for hydroxylation is 1. The molecule has 0 spiro atoms. The van der Waals surface area contributed by atoms with E-state index in [-0.39, 0.29) is 19.3 Å². The number of ether oxygens (including phenoxy) is 3. The number of rotatable bonds is 6. The summed E-state index contributed by atoms with van der Waals surface area (Å²) in [6, 6.07) is 3.39. The van der Waals surface area contributed by atoms with Gasteiger partial charge in [-0.1, -0.05) is 5.21 Å². The fraction of sp³-hybridized carbons (Fsp3) is 0.619. The fourth-order valence-corrected chi connectivity index (χ4v) is 2.75. The van der Waals surface area contributed by atoms with Crippen molar-refractivity contribution in [2.24, 2.45) is 7.05 Å². The Labute approximate surface area is 182 Å². The normalized spacial score (nSPS) is 13.0. The Hall–Kier alpha value is -2.88. The average molecular weight is 436 g/mol. The second-order valence-corrected chi connectivity index (χ2v) is 9.41. The number of hydrogen-bond donors (Lipinski definition) is 2. The van der Waals surface area contributed by atoms with Gasteiger partial charge in [0.25, 0.3) is 0 Å². The lowest BCUT2D eigenvalue weighted by Crippen LogP contribution is -2.39. The zero-order valence-corrected chi connectivity index (χ0v) is 19.5. The van der Waals surface area contributed by atoms with Gasteiger partial charge in [-0.3, -0.25) is 5.32 Å². The van der Waals surface area contributed by atoms with E-state index < -0.39 is 23.4 Å². The summed E-state index contributed by atoms with van der Waals surface area (Å²) in [5.41, 5.74) is 1.44. The summed E-state index contributed by atoms with van der Waals surface area (Å²) in [6.07, 6.45) is -1.06. The van der Waals surface area contributed by atoms with Crippen molar-refractivity contribution in [1.29, 1.82) is 0 Å². The van der Waals surface area contributed by atoms with E-state index in [9.17, 15) is 9.59 Å². The molecule has 2 amide bonds. The highest BCUT2D eigenvalue weighted by molar-refractivity contribution is 5.97. The Kier molecular flexibility index (Phi) is 7.48. The number of carbonyl (C=O) groups excluding carboxylic acids is 2. The molecule has 0 saturated carbocycles. The largest absolute Gasteiger partial charge is 0.444 e. The van der Waals surface area contributed by atoms with Crippen molar-refractivity contribution in [3.05, 3.63) is 17.7 Å². The van der Waals surface area contributed by atoms with Crippen LogP contribution in [-0.2, 0) is 27.9 Å². The van der Waals surface area contributed by atoms with Gasteiger partial charge < -0.3 is 19.5 Å². The number of hydrogen-bond acceptors (Lipinski definition) is 7. The van der Waals surface area contributed by atoms with Crippen molar-refractivity contribution in [2.45, 2.75) is 72.3 Å². The molecule has 0 saturated heterocycles. The van der Waals surface area contributed by atoms with E-state index in [0.29, 0.717) is 16.7 Å². The van der Waals surface area contributed by atoms with E-state index in [1.165, 1.54) is 0 Å². The summed E-state index contributed by atoms with van der Waals surface area (Å²) in [5, 5.41) is 13.6. The molecule has 31 heavy (non-hydrogen) atoms. The maximum atomic E-state index is 12.3.